The van der Waals surface area contributed by atoms with Gasteiger partial charge in [-0.2, -0.15) is 0 Å². The highest BCUT2D eigenvalue weighted by Gasteiger charge is 2.24. The lowest BCUT2D eigenvalue weighted by Gasteiger charge is -2.23. The van der Waals surface area contributed by atoms with Gasteiger partial charge in [-0.3, -0.25) is 0 Å². The van der Waals surface area contributed by atoms with E-state index in [9.17, 15) is 0 Å². The van der Waals surface area contributed by atoms with Crippen LogP contribution in [0.15, 0.2) is 0 Å². The number of likely N-dealkylation sites (N-methyl/N-ethyl adjacent to an activating group) is 1. The first-order chi connectivity index (χ1) is 8.74. The van der Waals surface area contributed by atoms with E-state index in [-0.39, 0.29) is 0 Å². The molecule has 108 valence electrons. The van der Waals surface area contributed by atoms with E-state index in [1.807, 2.05) is 0 Å². The van der Waals surface area contributed by atoms with Gasteiger partial charge in [0, 0.05) is 25.2 Å². The zero-order valence-electron chi connectivity index (χ0n) is 12.1. The van der Waals surface area contributed by atoms with Gasteiger partial charge in [-0.1, -0.05) is 20.8 Å². The fourth-order valence-corrected chi connectivity index (χ4v) is 2.14. The smallest absolute Gasteiger partial charge is 0.0701 e. The molecule has 1 fully saturated rings. The molecule has 0 aromatic heterocycles. The zero-order chi connectivity index (χ0) is 13.2. The molecule has 1 N–H and O–H groups in total. The van der Waals surface area contributed by atoms with Crippen LogP contribution in [-0.2, 0) is 14.2 Å². The molecule has 0 aromatic carbocycles. The summed E-state index contributed by atoms with van der Waals surface area (Å²) in [5.41, 5.74) is 0. The second-order valence-electron chi connectivity index (χ2n) is 5.33. The Hall–Kier alpha value is -0.160. The molecule has 0 saturated carbocycles. The van der Waals surface area contributed by atoms with Crippen LogP contribution in [0.25, 0.3) is 0 Å². The Morgan fingerprint density at radius 1 is 1.22 bits per heavy atom. The van der Waals surface area contributed by atoms with Crippen LogP contribution in [0.5, 0.6) is 0 Å². The van der Waals surface area contributed by atoms with Gasteiger partial charge in [-0.05, 0) is 18.9 Å². The third-order valence-corrected chi connectivity index (χ3v) is 3.12. The van der Waals surface area contributed by atoms with Crippen molar-refractivity contribution in [2.45, 2.75) is 33.2 Å². The number of nitrogens with one attached hydrogen (secondary N) is 1. The molecule has 1 heterocycles. The molecule has 1 saturated heterocycles. The molecule has 18 heavy (non-hydrogen) atoms. The lowest BCUT2D eigenvalue weighted by atomic mass is 10.00. The highest BCUT2D eigenvalue weighted by molar-refractivity contribution is 4.78. The number of ether oxygens (including phenoxy) is 3. The molecule has 0 radical (unpaired) electrons. The zero-order valence-corrected chi connectivity index (χ0v) is 12.1. The summed E-state index contributed by atoms with van der Waals surface area (Å²) < 4.78 is 16.6. The van der Waals surface area contributed by atoms with E-state index in [2.05, 4.69) is 26.1 Å². The van der Waals surface area contributed by atoms with Crippen molar-refractivity contribution < 1.29 is 14.2 Å². The van der Waals surface area contributed by atoms with Crippen molar-refractivity contribution >= 4 is 0 Å². The molecule has 0 bridgehead atoms. The lowest BCUT2D eigenvalue weighted by Crippen LogP contribution is -2.40. The monoisotopic (exact) mass is 259 g/mol. The van der Waals surface area contributed by atoms with E-state index >= 15 is 0 Å². The fourth-order valence-electron chi connectivity index (χ4n) is 2.14. The van der Waals surface area contributed by atoms with Crippen LogP contribution in [0.1, 0.15) is 27.2 Å². The summed E-state index contributed by atoms with van der Waals surface area (Å²) in [6.07, 6.45) is 1.14. The van der Waals surface area contributed by atoms with Crippen molar-refractivity contribution in [2.24, 2.45) is 11.8 Å². The van der Waals surface area contributed by atoms with Gasteiger partial charge < -0.3 is 19.5 Å². The highest BCUT2D eigenvalue weighted by atomic mass is 16.5. The number of rotatable bonds is 10. The highest BCUT2D eigenvalue weighted by Crippen LogP contribution is 2.17. The van der Waals surface area contributed by atoms with E-state index in [0.29, 0.717) is 31.1 Å². The summed E-state index contributed by atoms with van der Waals surface area (Å²) in [6.45, 7) is 12.1. The molecular formula is C14H29NO3. The first-order valence-corrected chi connectivity index (χ1v) is 7.20. The van der Waals surface area contributed by atoms with Gasteiger partial charge in [0.1, 0.15) is 0 Å². The summed E-state index contributed by atoms with van der Waals surface area (Å²) in [5.74, 6) is 1.19. The Morgan fingerprint density at radius 3 is 2.50 bits per heavy atom. The summed E-state index contributed by atoms with van der Waals surface area (Å²) in [6, 6.07) is 0.419. The maximum Gasteiger partial charge on any atom is 0.0701 e. The standard InChI is InChI=1S/C14H29NO3/c1-4-15-14(13-5-6-16-10-13)11-18-8-7-17-9-12(2)3/h12-15H,4-11H2,1-3H3. The van der Waals surface area contributed by atoms with Crippen LogP contribution in [0, 0.1) is 11.8 Å². The Balaban J connectivity index is 2.06. The van der Waals surface area contributed by atoms with Crippen LogP contribution in [0.2, 0.25) is 0 Å². The third-order valence-electron chi connectivity index (χ3n) is 3.12. The third kappa shape index (κ3) is 6.69. The Labute approximate surface area is 111 Å². The first kappa shape index (κ1) is 15.9. The van der Waals surface area contributed by atoms with Crippen molar-refractivity contribution in [2.75, 3.05) is 46.2 Å². The van der Waals surface area contributed by atoms with E-state index in [4.69, 9.17) is 14.2 Å². The SMILES string of the molecule is CCNC(COCCOCC(C)C)C1CCOC1. The molecule has 4 nitrogen and oxygen atoms in total. The largest absolute Gasteiger partial charge is 0.381 e. The van der Waals surface area contributed by atoms with Crippen molar-refractivity contribution in [1.29, 1.82) is 0 Å². The molecule has 1 aliphatic rings. The van der Waals surface area contributed by atoms with Gasteiger partial charge >= 0.3 is 0 Å². The van der Waals surface area contributed by atoms with Gasteiger partial charge in [-0.15, -0.1) is 0 Å². The fraction of sp³-hybridized carbons (Fsp3) is 1.00. The molecule has 4 heteroatoms. The minimum Gasteiger partial charge on any atom is -0.381 e. The molecule has 1 aliphatic heterocycles. The molecule has 0 aliphatic carbocycles. The Morgan fingerprint density at radius 2 is 1.94 bits per heavy atom. The van der Waals surface area contributed by atoms with Crippen LogP contribution in [-0.4, -0.2) is 52.2 Å². The Bertz CT molecular complexity index is 193. The second-order valence-corrected chi connectivity index (χ2v) is 5.33. The van der Waals surface area contributed by atoms with Gasteiger partial charge in [0.2, 0.25) is 0 Å². The quantitative estimate of drug-likeness (QED) is 0.606. The molecule has 1 rings (SSSR count). The first-order valence-electron chi connectivity index (χ1n) is 7.20. The summed E-state index contributed by atoms with van der Waals surface area (Å²) >= 11 is 0. The van der Waals surface area contributed by atoms with Gasteiger partial charge in [0.25, 0.3) is 0 Å². The van der Waals surface area contributed by atoms with Crippen LogP contribution in [0.3, 0.4) is 0 Å². The van der Waals surface area contributed by atoms with Crippen LogP contribution >= 0.6 is 0 Å². The van der Waals surface area contributed by atoms with Gasteiger partial charge in [0.15, 0.2) is 0 Å². The number of hydrogen-bond acceptors (Lipinski definition) is 4. The molecule has 0 amide bonds. The van der Waals surface area contributed by atoms with E-state index in [1.165, 1.54) is 0 Å². The Kier molecular flexibility index (Phi) is 8.59. The summed E-state index contributed by atoms with van der Waals surface area (Å²) in [5, 5.41) is 3.49. The van der Waals surface area contributed by atoms with Gasteiger partial charge in [-0.25, -0.2) is 0 Å². The van der Waals surface area contributed by atoms with E-state index in [1.54, 1.807) is 0 Å². The summed E-state index contributed by atoms with van der Waals surface area (Å²) in [7, 11) is 0. The second kappa shape index (κ2) is 9.73. The minimum atomic E-state index is 0.419. The average Bonchev–Trinajstić information content (AvgIpc) is 2.85. The van der Waals surface area contributed by atoms with Crippen molar-refractivity contribution in [3.05, 3.63) is 0 Å². The van der Waals surface area contributed by atoms with Crippen molar-refractivity contribution in [3.8, 4) is 0 Å². The molecule has 2 atom stereocenters. The van der Waals surface area contributed by atoms with E-state index in [0.717, 1.165) is 39.4 Å². The molecule has 0 aromatic rings. The lowest BCUT2D eigenvalue weighted by molar-refractivity contribution is 0.0237. The van der Waals surface area contributed by atoms with Gasteiger partial charge in [0.05, 0.1) is 26.4 Å². The predicted molar refractivity (Wildman–Crippen MR) is 72.9 cm³/mol. The summed E-state index contributed by atoms with van der Waals surface area (Å²) in [4.78, 5) is 0. The average molecular weight is 259 g/mol. The maximum absolute atomic E-state index is 5.70. The molecule has 0 spiro atoms. The molecular weight excluding hydrogens is 230 g/mol. The predicted octanol–water partition coefficient (Wildman–Crippen LogP) is 1.69. The van der Waals surface area contributed by atoms with E-state index < -0.39 is 0 Å². The number of hydrogen-bond donors (Lipinski definition) is 1. The van der Waals surface area contributed by atoms with Crippen molar-refractivity contribution in [3.63, 3.8) is 0 Å². The normalized spacial score (nSPS) is 21.7. The topological polar surface area (TPSA) is 39.7 Å². The maximum atomic E-state index is 5.70. The minimum absolute atomic E-state index is 0.419. The van der Waals surface area contributed by atoms with Crippen molar-refractivity contribution in [1.82, 2.24) is 5.32 Å². The van der Waals surface area contributed by atoms with Crippen LogP contribution in [0.4, 0.5) is 0 Å². The molecule has 2 unspecified atom stereocenters. The van der Waals surface area contributed by atoms with Crippen LogP contribution < -0.4 is 5.32 Å².